The number of nitrogens with zero attached hydrogens (tertiary/aromatic N) is 3. The molecule has 0 radical (unpaired) electrons. The molecule has 0 unspecified atom stereocenters. The first-order valence-corrected chi connectivity index (χ1v) is 17.0. The summed E-state index contributed by atoms with van der Waals surface area (Å²) in [6, 6.07) is 22.2. The Morgan fingerprint density at radius 2 is 1.84 bits per heavy atom. The lowest BCUT2D eigenvalue weighted by molar-refractivity contribution is 0.0816. The zero-order valence-corrected chi connectivity index (χ0v) is 23.2. The van der Waals surface area contributed by atoms with Gasteiger partial charge in [0.15, 0.2) is 0 Å². The lowest BCUT2D eigenvalue weighted by Gasteiger charge is -2.15. The molecule has 0 saturated carbocycles. The molecule has 0 saturated heterocycles. The van der Waals surface area contributed by atoms with Gasteiger partial charge in [0.05, 0.1) is 17.8 Å². The summed E-state index contributed by atoms with van der Waals surface area (Å²) >= 11 is 0. The Balaban J connectivity index is 1.44. The molecular weight excluding hydrogens is 486 g/mol. The third-order valence-corrected chi connectivity index (χ3v) is 9.10. The molecule has 5 aromatic rings. The fraction of sp³-hybridized carbons (Fsp3) is 0.250. The zero-order valence-electron chi connectivity index (χ0n) is 22.2. The molecule has 38 heavy (non-hydrogen) atoms. The van der Waals surface area contributed by atoms with Gasteiger partial charge in [0.25, 0.3) is 0 Å². The summed E-state index contributed by atoms with van der Waals surface area (Å²) in [6.07, 6.45) is 6.86. The fourth-order valence-corrected chi connectivity index (χ4v) is 6.04. The Morgan fingerprint density at radius 3 is 2.68 bits per heavy atom. The van der Waals surface area contributed by atoms with E-state index in [1.807, 2.05) is 35.3 Å². The molecule has 1 N–H and O–H groups in total. The molecule has 0 amide bonds. The van der Waals surface area contributed by atoms with Crippen LogP contribution in [-0.2, 0) is 24.5 Å². The highest BCUT2D eigenvalue weighted by atomic mass is 28.3. The van der Waals surface area contributed by atoms with Crippen molar-refractivity contribution in [2.24, 2.45) is 0 Å². The number of benzene rings is 3. The van der Waals surface area contributed by atoms with Crippen molar-refractivity contribution in [1.82, 2.24) is 14.8 Å². The second-order valence-corrected chi connectivity index (χ2v) is 17.0. The number of ether oxygens (including phenoxy) is 1. The quantitative estimate of drug-likeness (QED) is 0.175. The predicted molar refractivity (Wildman–Crippen MR) is 159 cm³/mol. The van der Waals surface area contributed by atoms with Crippen LogP contribution in [0, 0.1) is 0 Å². The Morgan fingerprint density at radius 1 is 0.974 bits per heavy atom. The van der Waals surface area contributed by atoms with Crippen molar-refractivity contribution in [3.63, 3.8) is 0 Å². The van der Waals surface area contributed by atoms with Gasteiger partial charge in [-0.05, 0) is 57.5 Å². The van der Waals surface area contributed by atoms with Crippen molar-refractivity contribution in [3.05, 3.63) is 95.4 Å². The maximum atomic E-state index is 9.89. The van der Waals surface area contributed by atoms with Crippen LogP contribution >= 0.6 is 0 Å². The van der Waals surface area contributed by atoms with Crippen LogP contribution in [0.25, 0.3) is 44.5 Å². The molecule has 5 nitrogen and oxygen atoms in total. The second kappa shape index (κ2) is 9.95. The number of allylic oxidation sites excluding steroid dienone is 1. The summed E-state index contributed by atoms with van der Waals surface area (Å²) in [5, 5.41) is 18.4. The third kappa shape index (κ3) is 4.71. The number of aromatic nitrogens is 3. The minimum absolute atomic E-state index is 0.0330. The first kappa shape index (κ1) is 24.7. The predicted octanol–water partition coefficient (Wildman–Crippen LogP) is 7.15. The molecule has 0 bridgehead atoms. The van der Waals surface area contributed by atoms with Crippen molar-refractivity contribution in [2.75, 3.05) is 6.61 Å². The fourth-order valence-electron chi connectivity index (χ4n) is 5.28. The number of fused-ring (bicyclic) bond motifs is 3. The number of aliphatic hydroxyl groups is 1. The van der Waals surface area contributed by atoms with Gasteiger partial charge in [-0.1, -0.05) is 68.2 Å². The summed E-state index contributed by atoms with van der Waals surface area (Å²) in [6.45, 7) is 8.31. The second-order valence-electron chi connectivity index (χ2n) is 11.3. The largest absolute Gasteiger partial charge is 0.392 e. The van der Waals surface area contributed by atoms with E-state index in [-0.39, 0.29) is 6.61 Å². The topological polar surface area (TPSA) is 60.2 Å². The van der Waals surface area contributed by atoms with E-state index in [0.29, 0.717) is 6.73 Å². The number of aliphatic hydroxyl groups excluding tert-OH is 1. The van der Waals surface area contributed by atoms with E-state index in [1.54, 1.807) is 0 Å². The van der Waals surface area contributed by atoms with Gasteiger partial charge in [-0.15, -0.1) is 0 Å². The van der Waals surface area contributed by atoms with Gasteiger partial charge in [-0.3, -0.25) is 4.98 Å². The van der Waals surface area contributed by atoms with E-state index in [2.05, 4.69) is 73.2 Å². The highest BCUT2D eigenvalue weighted by molar-refractivity contribution is 6.76. The summed E-state index contributed by atoms with van der Waals surface area (Å²) in [4.78, 5) is 4.52. The van der Waals surface area contributed by atoms with Gasteiger partial charge in [0, 0.05) is 49.8 Å². The minimum atomic E-state index is -1.17. The van der Waals surface area contributed by atoms with Gasteiger partial charge in [0.1, 0.15) is 6.73 Å². The van der Waals surface area contributed by atoms with Gasteiger partial charge in [0.2, 0.25) is 0 Å². The van der Waals surface area contributed by atoms with Crippen LogP contribution in [0.5, 0.6) is 0 Å². The maximum absolute atomic E-state index is 9.89. The Kier molecular flexibility index (Phi) is 6.48. The van der Waals surface area contributed by atoms with Crippen LogP contribution < -0.4 is 0 Å². The van der Waals surface area contributed by atoms with E-state index >= 15 is 0 Å². The van der Waals surface area contributed by atoms with Crippen molar-refractivity contribution >= 4 is 41.4 Å². The van der Waals surface area contributed by atoms with E-state index in [9.17, 15) is 5.11 Å². The molecular formula is C32H33N3O2Si. The molecule has 192 valence electrons. The first-order chi connectivity index (χ1) is 18.4. The van der Waals surface area contributed by atoms with Crippen LogP contribution in [0.15, 0.2) is 73.1 Å². The van der Waals surface area contributed by atoms with Crippen molar-refractivity contribution < 1.29 is 9.84 Å². The normalized spacial score (nSPS) is 13.3. The van der Waals surface area contributed by atoms with Crippen LogP contribution in [0.4, 0.5) is 0 Å². The molecule has 0 spiro atoms. The van der Waals surface area contributed by atoms with Crippen LogP contribution in [-0.4, -0.2) is 34.6 Å². The lowest BCUT2D eigenvalue weighted by atomic mass is 9.98. The highest BCUT2D eigenvalue weighted by Gasteiger charge is 2.22. The summed E-state index contributed by atoms with van der Waals surface area (Å²) in [5.74, 6) is 0. The van der Waals surface area contributed by atoms with E-state index in [0.717, 1.165) is 63.3 Å². The molecule has 1 aliphatic carbocycles. The van der Waals surface area contributed by atoms with Crippen LogP contribution in [0.3, 0.4) is 0 Å². The lowest BCUT2D eigenvalue weighted by Crippen LogP contribution is -2.22. The van der Waals surface area contributed by atoms with E-state index in [4.69, 9.17) is 9.84 Å². The van der Waals surface area contributed by atoms with Crippen molar-refractivity contribution in [3.8, 4) is 11.1 Å². The number of hydrogen-bond donors (Lipinski definition) is 1. The molecule has 3 aromatic carbocycles. The molecule has 0 atom stereocenters. The number of rotatable bonds is 8. The zero-order chi connectivity index (χ0) is 26.3. The molecule has 2 heterocycles. The Labute approximate surface area is 224 Å². The average molecular weight is 520 g/mol. The van der Waals surface area contributed by atoms with Crippen molar-refractivity contribution in [2.45, 2.75) is 45.4 Å². The molecule has 6 rings (SSSR count). The summed E-state index contributed by atoms with van der Waals surface area (Å²) < 4.78 is 8.12. The first-order valence-electron chi connectivity index (χ1n) is 13.3. The number of pyridine rings is 1. The summed E-state index contributed by atoms with van der Waals surface area (Å²) in [7, 11) is -1.17. The van der Waals surface area contributed by atoms with E-state index < -0.39 is 8.07 Å². The third-order valence-electron chi connectivity index (χ3n) is 7.40. The SMILES string of the molecule is C[Si](C)(C)CCOCn1nc(C2=Cc3c(CO)cccc3C2)c2cc(-c3cncc4ccccc34)ccc21. The Hall–Kier alpha value is -3.58. The molecule has 6 heteroatoms. The van der Waals surface area contributed by atoms with E-state index in [1.165, 1.54) is 16.5 Å². The molecule has 2 aromatic heterocycles. The molecule has 1 aliphatic rings. The van der Waals surface area contributed by atoms with Crippen LogP contribution in [0.2, 0.25) is 25.7 Å². The van der Waals surface area contributed by atoms with Gasteiger partial charge >= 0.3 is 0 Å². The highest BCUT2D eigenvalue weighted by Crippen LogP contribution is 2.38. The smallest absolute Gasteiger partial charge is 0.140 e. The standard InChI is InChI=1S/C32H33N3O2Si/c1-38(2,3)14-13-37-21-35-31-12-11-23(30-19-33-18-24-7-4-5-10-27(24)30)16-29(31)32(34-35)26-15-22-8-6-9-25(20-36)28(22)17-26/h4-12,16-19,36H,13-15,20-21H2,1-3H3. The average Bonchev–Trinajstić information content (AvgIpc) is 3.51. The van der Waals surface area contributed by atoms with Gasteiger partial charge in [-0.25, -0.2) is 4.68 Å². The minimum Gasteiger partial charge on any atom is -0.392 e. The van der Waals surface area contributed by atoms with Crippen LogP contribution in [0.1, 0.15) is 22.4 Å². The monoisotopic (exact) mass is 519 g/mol. The Bertz CT molecular complexity index is 1670. The molecule has 0 fully saturated rings. The van der Waals surface area contributed by atoms with Gasteiger partial charge in [-0.2, -0.15) is 5.10 Å². The van der Waals surface area contributed by atoms with Crippen molar-refractivity contribution in [1.29, 1.82) is 0 Å². The molecule has 0 aliphatic heterocycles. The summed E-state index contributed by atoms with van der Waals surface area (Å²) in [5.41, 5.74) is 8.74. The van der Waals surface area contributed by atoms with Gasteiger partial charge < -0.3 is 9.84 Å². The number of hydrogen-bond acceptors (Lipinski definition) is 4. The maximum Gasteiger partial charge on any atom is 0.140 e.